The number of fused-ring (bicyclic) bond motifs is 1. The van der Waals surface area contributed by atoms with Gasteiger partial charge in [-0.25, -0.2) is 0 Å². The third-order valence-corrected chi connectivity index (χ3v) is 4.35. The average molecular weight is 281 g/mol. The van der Waals surface area contributed by atoms with Gasteiger partial charge in [-0.3, -0.25) is 0 Å². The van der Waals surface area contributed by atoms with Crippen LogP contribution in [0.1, 0.15) is 23.6 Å². The van der Waals surface area contributed by atoms with Crippen LogP contribution in [0, 0.1) is 0 Å². The highest BCUT2D eigenvalue weighted by Gasteiger charge is 2.24. The summed E-state index contributed by atoms with van der Waals surface area (Å²) in [5.74, 6) is 0. The fourth-order valence-electron chi connectivity index (χ4n) is 3.06. The Morgan fingerprint density at radius 3 is 3.21 bits per heavy atom. The van der Waals surface area contributed by atoms with Crippen LogP contribution in [-0.4, -0.2) is 44.3 Å². The van der Waals surface area contributed by atoms with Crippen molar-refractivity contribution < 1.29 is 4.74 Å². The van der Waals surface area contributed by atoms with Gasteiger partial charge in [-0.05, 0) is 43.1 Å². The zero-order valence-electron chi connectivity index (χ0n) is 11.4. The van der Waals surface area contributed by atoms with Crippen molar-refractivity contribution in [2.24, 2.45) is 0 Å². The monoisotopic (exact) mass is 280 g/mol. The molecule has 1 N–H and O–H groups in total. The molecule has 2 atom stereocenters. The Morgan fingerprint density at radius 1 is 1.47 bits per heavy atom. The van der Waals surface area contributed by atoms with E-state index in [-0.39, 0.29) is 0 Å². The number of halogens is 1. The summed E-state index contributed by atoms with van der Waals surface area (Å²) >= 11 is 6.04. The highest BCUT2D eigenvalue weighted by atomic mass is 35.5. The molecule has 1 saturated heterocycles. The zero-order valence-corrected chi connectivity index (χ0v) is 12.1. The van der Waals surface area contributed by atoms with Gasteiger partial charge in [-0.15, -0.1) is 0 Å². The zero-order chi connectivity index (χ0) is 13.2. The van der Waals surface area contributed by atoms with E-state index in [0.29, 0.717) is 12.1 Å². The Labute approximate surface area is 119 Å². The predicted molar refractivity (Wildman–Crippen MR) is 77.8 cm³/mol. The molecule has 1 aliphatic heterocycles. The summed E-state index contributed by atoms with van der Waals surface area (Å²) in [6, 6.07) is 6.72. The summed E-state index contributed by atoms with van der Waals surface area (Å²) in [4.78, 5) is 2.33. The Morgan fingerprint density at radius 2 is 2.37 bits per heavy atom. The molecule has 0 spiro atoms. The minimum absolute atomic E-state index is 0.315. The summed E-state index contributed by atoms with van der Waals surface area (Å²) in [7, 11) is 2.16. The van der Waals surface area contributed by atoms with Crippen LogP contribution in [-0.2, 0) is 11.2 Å². The maximum absolute atomic E-state index is 6.04. The summed E-state index contributed by atoms with van der Waals surface area (Å²) < 4.78 is 5.79. The lowest BCUT2D eigenvalue weighted by molar-refractivity contribution is -0.0192. The lowest BCUT2D eigenvalue weighted by Crippen LogP contribution is -2.45. The van der Waals surface area contributed by atoms with Crippen molar-refractivity contribution in [2.45, 2.75) is 25.0 Å². The number of hydrogen-bond donors (Lipinski definition) is 1. The molecule has 1 aromatic rings. The van der Waals surface area contributed by atoms with E-state index >= 15 is 0 Å². The van der Waals surface area contributed by atoms with E-state index in [9.17, 15) is 0 Å². The molecule has 1 aliphatic carbocycles. The van der Waals surface area contributed by atoms with E-state index in [1.54, 1.807) is 0 Å². The van der Waals surface area contributed by atoms with Gasteiger partial charge in [0.25, 0.3) is 0 Å². The van der Waals surface area contributed by atoms with E-state index in [0.717, 1.165) is 44.1 Å². The minimum Gasteiger partial charge on any atom is -0.374 e. The Balaban J connectivity index is 1.57. The summed E-state index contributed by atoms with van der Waals surface area (Å²) in [6.07, 6.45) is 2.60. The van der Waals surface area contributed by atoms with Crippen molar-refractivity contribution in [2.75, 3.05) is 33.3 Å². The molecule has 1 fully saturated rings. The van der Waals surface area contributed by atoms with E-state index in [2.05, 4.69) is 29.4 Å². The second-order valence-electron chi connectivity index (χ2n) is 5.60. The number of nitrogens with one attached hydrogen (secondary N) is 1. The van der Waals surface area contributed by atoms with Crippen LogP contribution >= 0.6 is 11.6 Å². The van der Waals surface area contributed by atoms with Gasteiger partial charge >= 0.3 is 0 Å². The quantitative estimate of drug-likeness (QED) is 0.919. The van der Waals surface area contributed by atoms with Gasteiger partial charge in [0.05, 0.1) is 12.7 Å². The topological polar surface area (TPSA) is 24.5 Å². The van der Waals surface area contributed by atoms with Crippen LogP contribution in [0.3, 0.4) is 0 Å². The number of ether oxygens (including phenoxy) is 1. The first kappa shape index (κ1) is 13.4. The molecule has 0 aromatic heterocycles. The maximum Gasteiger partial charge on any atom is 0.0826 e. The molecule has 2 aliphatic rings. The normalized spacial score (nSPS) is 27.5. The molecular weight excluding hydrogens is 260 g/mol. The molecule has 3 rings (SSSR count). The van der Waals surface area contributed by atoms with E-state index in [1.807, 2.05) is 6.07 Å². The number of aryl methyl sites for hydroxylation is 1. The van der Waals surface area contributed by atoms with Crippen LogP contribution in [0.15, 0.2) is 18.2 Å². The van der Waals surface area contributed by atoms with Crippen molar-refractivity contribution in [3.05, 3.63) is 34.3 Å². The number of rotatable bonds is 3. The Hall–Kier alpha value is -0.610. The fourth-order valence-corrected chi connectivity index (χ4v) is 3.26. The first-order valence-electron chi connectivity index (χ1n) is 7.04. The van der Waals surface area contributed by atoms with Crippen molar-refractivity contribution in [3.63, 3.8) is 0 Å². The molecule has 0 bridgehead atoms. The molecule has 3 nitrogen and oxygen atoms in total. The van der Waals surface area contributed by atoms with Crippen molar-refractivity contribution >= 4 is 11.6 Å². The van der Waals surface area contributed by atoms with E-state index in [4.69, 9.17) is 16.3 Å². The van der Waals surface area contributed by atoms with Gasteiger partial charge in [0.1, 0.15) is 0 Å². The second kappa shape index (κ2) is 5.80. The van der Waals surface area contributed by atoms with Crippen molar-refractivity contribution in [1.82, 2.24) is 10.2 Å². The van der Waals surface area contributed by atoms with Crippen molar-refractivity contribution in [3.8, 4) is 0 Å². The minimum atomic E-state index is 0.315. The molecule has 104 valence electrons. The van der Waals surface area contributed by atoms with Gasteiger partial charge in [0, 0.05) is 30.7 Å². The van der Waals surface area contributed by atoms with Gasteiger partial charge in [-0.1, -0.05) is 17.7 Å². The Bertz CT molecular complexity index is 452. The van der Waals surface area contributed by atoms with Crippen LogP contribution in [0.2, 0.25) is 5.02 Å². The largest absolute Gasteiger partial charge is 0.374 e. The molecule has 19 heavy (non-hydrogen) atoms. The SMILES string of the molecule is CN1CCOC(CNC2CCc3cc(Cl)ccc32)C1. The lowest BCUT2D eigenvalue weighted by Gasteiger charge is -2.31. The summed E-state index contributed by atoms with van der Waals surface area (Å²) in [5, 5.41) is 4.50. The summed E-state index contributed by atoms with van der Waals surface area (Å²) in [6.45, 7) is 3.84. The van der Waals surface area contributed by atoms with Gasteiger partial charge in [-0.2, -0.15) is 0 Å². The predicted octanol–water partition coefficient (Wildman–Crippen LogP) is 2.25. The summed E-state index contributed by atoms with van der Waals surface area (Å²) in [5.41, 5.74) is 2.81. The van der Waals surface area contributed by atoms with Crippen molar-refractivity contribution in [1.29, 1.82) is 0 Å². The lowest BCUT2D eigenvalue weighted by atomic mass is 10.1. The smallest absolute Gasteiger partial charge is 0.0826 e. The van der Waals surface area contributed by atoms with E-state index in [1.165, 1.54) is 11.1 Å². The fraction of sp³-hybridized carbons (Fsp3) is 0.600. The van der Waals surface area contributed by atoms with Crippen LogP contribution in [0.25, 0.3) is 0 Å². The highest BCUT2D eigenvalue weighted by molar-refractivity contribution is 6.30. The molecule has 4 heteroatoms. The van der Waals surface area contributed by atoms with E-state index < -0.39 is 0 Å². The van der Waals surface area contributed by atoms with Crippen LogP contribution in [0.5, 0.6) is 0 Å². The molecule has 2 unspecified atom stereocenters. The van der Waals surface area contributed by atoms with Crippen LogP contribution in [0.4, 0.5) is 0 Å². The number of nitrogens with zero attached hydrogens (tertiary/aromatic N) is 1. The highest BCUT2D eigenvalue weighted by Crippen LogP contribution is 2.32. The molecule has 0 saturated carbocycles. The molecule has 1 heterocycles. The molecule has 0 amide bonds. The van der Waals surface area contributed by atoms with Gasteiger partial charge in [0.15, 0.2) is 0 Å². The number of hydrogen-bond acceptors (Lipinski definition) is 3. The number of morpholine rings is 1. The number of likely N-dealkylation sites (N-methyl/N-ethyl adjacent to an activating group) is 1. The molecule has 1 aromatic carbocycles. The van der Waals surface area contributed by atoms with Crippen LogP contribution < -0.4 is 5.32 Å². The standard InChI is InChI=1S/C15H21ClN2O/c1-18-6-7-19-13(10-18)9-17-15-5-2-11-8-12(16)3-4-14(11)15/h3-4,8,13,15,17H,2,5-7,9-10H2,1H3. The third-order valence-electron chi connectivity index (χ3n) is 4.12. The first-order chi connectivity index (χ1) is 9.22. The van der Waals surface area contributed by atoms with Gasteiger partial charge in [0.2, 0.25) is 0 Å². The molecular formula is C15H21ClN2O. The third kappa shape index (κ3) is 3.11. The maximum atomic E-state index is 6.04. The van der Waals surface area contributed by atoms with Gasteiger partial charge < -0.3 is 15.0 Å². The first-order valence-corrected chi connectivity index (χ1v) is 7.42. The molecule has 0 radical (unpaired) electrons. The Kier molecular flexibility index (Phi) is 4.08. The number of benzene rings is 1. The average Bonchev–Trinajstić information content (AvgIpc) is 2.78. The second-order valence-corrected chi connectivity index (χ2v) is 6.03.